The van der Waals surface area contributed by atoms with Gasteiger partial charge in [0.15, 0.2) is 6.29 Å². The van der Waals surface area contributed by atoms with Gasteiger partial charge in [-0.1, -0.05) is 11.6 Å². The summed E-state index contributed by atoms with van der Waals surface area (Å²) in [6.45, 7) is 8.00. The third-order valence-corrected chi connectivity index (χ3v) is 3.88. The number of hydrogen-bond donors (Lipinski definition) is 1. The lowest BCUT2D eigenvalue weighted by Crippen LogP contribution is -3.15. The van der Waals surface area contributed by atoms with Crippen LogP contribution in [0.2, 0.25) is 5.02 Å². The number of quaternary nitrogens is 1. The summed E-state index contributed by atoms with van der Waals surface area (Å²) in [7, 11) is 0. The molecule has 1 aliphatic heterocycles. The van der Waals surface area contributed by atoms with Crippen LogP contribution < -0.4 is 9.64 Å². The molecule has 1 aromatic rings. The van der Waals surface area contributed by atoms with Crippen molar-refractivity contribution in [1.82, 2.24) is 0 Å². The molecular weight excluding hydrogens is 290 g/mol. The molecule has 2 rings (SSSR count). The topological polar surface area (TPSA) is 40.0 Å². The molecule has 1 saturated heterocycles. The Morgan fingerprint density at radius 3 is 2.76 bits per heavy atom. The van der Waals surface area contributed by atoms with Gasteiger partial charge in [0.05, 0.1) is 18.7 Å². The second-order valence-electron chi connectivity index (χ2n) is 5.67. The Hall–Kier alpha value is -1.10. The van der Waals surface area contributed by atoms with Crippen LogP contribution >= 0.6 is 11.6 Å². The maximum absolute atomic E-state index is 11.0. The molecule has 1 heterocycles. The van der Waals surface area contributed by atoms with Gasteiger partial charge in [0, 0.05) is 11.4 Å². The van der Waals surface area contributed by atoms with Crippen LogP contribution in [0.1, 0.15) is 30.6 Å². The summed E-state index contributed by atoms with van der Waals surface area (Å²) in [5.41, 5.74) is 0.503. The fourth-order valence-electron chi connectivity index (χ4n) is 2.84. The van der Waals surface area contributed by atoms with E-state index in [0.29, 0.717) is 35.2 Å². The molecule has 1 unspecified atom stereocenters. The summed E-state index contributed by atoms with van der Waals surface area (Å²) in [4.78, 5) is 12.5. The molecule has 0 radical (unpaired) electrons. The molecule has 0 aliphatic carbocycles. The number of hydrogen-bond acceptors (Lipinski definition) is 3. The third-order valence-electron chi connectivity index (χ3n) is 3.65. The molecule has 0 aromatic heterocycles. The third kappa shape index (κ3) is 4.99. The highest BCUT2D eigenvalue weighted by atomic mass is 35.5. The van der Waals surface area contributed by atoms with Crippen molar-refractivity contribution in [2.75, 3.05) is 26.2 Å². The van der Waals surface area contributed by atoms with Crippen LogP contribution in [0.25, 0.3) is 0 Å². The van der Waals surface area contributed by atoms with Gasteiger partial charge in [-0.05, 0) is 32.0 Å². The predicted molar refractivity (Wildman–Crippen MR) is 82.5 cm³/mol. The number of carbonyl (C=O) groups is 1. The van der Waals surface area contributed by atoms with Gasteiger partial charge in [0.2, 0.25) is 0 Å². The van der Waals surface area contributed by atoms with Crippen molar-refractivity contribution in [2.24, 2.45) is 0 Å². The van der Waals surface area contributed by atoms with Crippen LogP contribution in [0.4, 0.5) is 0 Å². The molecular formula is C16H23ClNO3+. The van der Waals surface area contributed by atoms with E-state index in [-0.39, 0.29) is 0 Å². The Balaban J connectivity index is 1.76. The molecule has 5 heteroatoms. The van der Waals surface area contributed by atoms with Crippen LogP contribution in [0.5, 0.6) is 5.75 Å². The molecule has 3 atom stereocenters. The van der Waals surface area contributed by atoms with E-state index in [9.17, 15) is 4.79 Å². The molecule has 0 amide bonds. The summed E-state index contributed by atoms with van der Waals surface area (Å²) in [5, 5.41) is 0.546. The summed E-state index contributed by atoms with van der Waals surface area (Å²) < 4.78 is 11.4. The van der Waals surface area contributed by atoms with Gasteiger partial charge in [-0.2, -0.15) is 0 Å². The maximum Gasteiger partial charge on any atom is 0.153 e. The molecule has 1 N–H and O–H groups in total. The fourth-order valence-corrected chi connectivity index (χ4v) is 3.02. The Morgan fingerprint density at radius 1 is 1.38 bits per heavy atom. The lowest BCUT2D eigenvalue weighted by atomic mass is 10.2. The Kier molecular flexibility index (Phi) is 6.03. The standard InChI is InChI=1S/C16H22ClNO3/c1-12-9-18(10-13(2)21-12)6-3-7-20-16-5-4-15(17)8-14(16)11-19/h4-5,8,11-13H,3,6-7,9-10H2,1-2H3/p+1/t12-,13+. The Labute approximate surface area is 131 Å². The first kappa shape index (κ1) is 16.3. The number of ether oxygens (including phenoxy) is 2. The number of nitrogens with one attached hydrogen (secondary N) is 1. The number of benzene rings is 1. The first-order valence-electron chi connectivity index (χ1n) is 7.45. The summed E-state index contributed by atoms with van der Waals surface area (Å²) in [6.07, 6.45) is 2.37. The van der Waals surface area contributed by atoms with E-state index in [1.165, 1.54) is 0 Å². The van der Waals surface area contributed by atoms with Gasteiger partial charge in [-0.15, -0.1) is 0 Å². The maximum atomic E-state index is 11.0. The largest absolute Gasteiger partial charge is 0.493 e. The molecule has 1 aliphatic rings. The number of morpholine rings is 1. The summed E-state index contributed by atoms with van der Waals surface area (Å²) in [5.74, 6) is 0.605. The SMILES string of the molecule is C[C@@H]1C[NH+](CCCOc2ccc(Cl)cc2C=O)C[C@H](C)O1. The second kappa shape index (κ2) is 7.78. The minimum absolute atomic E-state index is 0.322. The smallest absolute Gasteiger partial charge is 0.153 e. The quantitative estimate of drug-likeness (QED) is 0.641. The van der Waals surface area contributed by atoms with Crippen molar-refractivity contribution in [1.29, 1.82) is 0 Å². The monoisotopic (exact) mass is 312 g/mol. The second-order valence-corrected chi connectivity index (χ2v) is 6.10. The van der Waals surface area contributed by atoms with Gasteiger partial charge < -0.3 is 14.4 Å². The van der Waals surface area contributed by atoms with Crippen molar-refractivity contribution in [3.63, 3.8) is 0 Å². The Bertz CT molecular complexity index is 471. The Morgan fingerprint density at radius 2 is 2.10 bits per heavy atom. The van der Waals surface area contributed by atoms with Crippen LogP contribution in [-0.2, 0) is 4.74 Å². The molecule has 21 heavy (non-hydrogen) atoms. The van der Waals surface area contributed by atoms with Crippen molar-refractivity contribution in [3.8, 4) is 5.75 Å². The van der Waals surface area contributed by atoms with E-state index in [1.54, 1.807) is 23.1 Å². The zero-order valence-corrected chi connectivity index (χ0v) is 13.4. The van der Waals surface area contributed by atoms with E-state index in [1.807, 2.05) is 0 Å². The average Bonchev–Trinajstić information content (AvgIpc) is 2.43. The van der Waals surface area contributed by atoms with E-state index < -0.39 is 0 Å². The zero-order valence-electron chi connectivity index (χ0n) is 12.6. The van der Waals surface area contributed by atoms with Crippen LogP contribution in [-0.4, -0.2) is 44.7 Å². The average molecular weight is 313 g/mol. The number of carbonyl (C=O) groups excluding carboxylic acids is 1. The highest BCUT2D eigenvalue weighted by Crippen LogP contribution is 2.21. The molecule has 0 spiro atoms. The number of halogens is 1. The van der Waals surface area contributed by atoms with E-state index in [4.69, 9.17) is 21.1 Å². The van der Waals surface area contributed by atoms with Crippen molar-refractivity contribution in [3.05, 3.63) is 28.8 Å². The van der Waals surface area contributed by atoms with Gasteiger partial charge in [0.25, 0.3) is 0 Å². The van der Waals surface area contributed by atoms with Gasteiger partial charge in [0.1, 0.15) is 31.0 Å². The minimum atomic E-state index is 0.322. The van der Waals surface area contributed by atoms with Crippen molar-refractivity contribution < 1.29 is 19.2 Å². The van der Waals surface area contributed by atoms with E-state index in [2.05, 4.69) is 13.8 Å². The highest BCUT2D eigenvalue weighted by Gasteiger charge is 2.24. The molecule has 4 nitrogen and oxygen atoms in total. The van der Waals surface area contributed by atoms with Crippen LogP contribution in [0.15, 0.2) is 18.2 Å². The number of rotatable bonds is 6. The zero-order chi connectivity index (χ0) is 15.2. The lowest BCUT2D eigenvalue weighted by Gasteiger charge is -2.32. The molecule has 1 fully saturated rings. The number of aldehydes is 1. The highest BCUT2D eigenvalue weighted by molar-refractivity contribution is 6.30. The normalized spacial score (nSPS) is 25.6. The predicted octanol–water partition coefficient (Wildman–Crippen LogP) is 1.61. The van der Waals surface area contributed by atoms with E-state index in [0.717, 1.165) is 32.3 Å². The molecule has 116 valence electrons. The van der Waals surface area contributed by atoms with Crippen molar-refractivity contribution >= 4 is 17.9 Å². The van der Waals surface area contributed by atoms with E-state index >= 15 is 0 Å². The first-order valence-corrected chi connectivity index (χ1v) is 7.83. The fraction of sp³-hybridized carbons (Fsp3) is 0.562. The van der Waals surface area contributed by atoms with Crippen LogP contribution in [0, 0.1) is 0 Å². The molecule has 0 saturated carbocycles. The molecule has 1 aromatic carbocycles. The first-order chi connectivity index (χ1) is 10.1. The lowest BCUT2D eigenvalue weighted by molar-refractivity contribution is -0.915. The van der Waals surface area contributed by atoms with Crippen LogP contribution in [0.3, 0.4) is 0 Å². The summed E-state index contributed by atoms with van der Waals surface area (Å²) >= 11 is 5.86. The minimum Gasteiger partial charge on any atom is -0.493 e. The van der Waals surface area contributed by atoms with Gasteiger partial charge in [-0.3, -0.25) is 4.79 Å². The van der Waals surface area contributed by atoms with Gasteiger partial charge in [-0.25, -0.2) is 0 Å². The van der Waals surface area contributed by atoms with Crippen molar-refractivity contribution in [2.45, 2.75) is 32.5 Å². The van der Waals surface area contributed by atoms with Gasteiger partial charge >= 0.3 is 0 Å². The molecule has 0 bridgehead atoms. The summed E-state index contributed by atoms with van der Waals surface area (Å²) in [6, 6.07) is 5.11.